The van der Waals surface area contributed by atoms with Crippen LogP contribution in [0.15, 0.2) is 18.2 Å². The number of phenolic OH excluding ortho intramolecular Hbond substituents is 1. The van der Waals surface area contributed by atoms with Crippen LogP contribution in [0.2, 0.25) is 0 Å². The molecule has 90 valence electrons. The van der Waals surface area contributed by atoms with Gasteiger partial charge in [0.05, 0.1) is 0 Å². The first-order chi connectivity index (χ1) is 7.54. The first-order valence-corrected chi connectivity index (χ1v) is 6.09. The van der Waals surface area contributed by atoms with Crippen molar-refractivity contribution in [2.24, 2.45) is 5.73 Å². The average Bonchev–Trinajstić information content (AvgIpc) is 2.29. The molecule has 2 unspecified atom stereocenters. The minimum atomic E-state index is 0.320. The summed E-state index contributed by atoms with van der Waals surface area (Å²) in [5.74, 6) is 0.887. The number of aryl methyl sites for hydroxylation is 1. The molecule has 2 nitrogen and oxygen atoms in total. The fourth-order valence-corrected chi connectivity index (χ4v) is 1.82. The molecule has 2 atom stereocenters. The van der Waals surface area contributed by atoms with Gasteiger partial charge in [0.2, 0.25) is 0 Å². The van der Waals surface area contributed by atoms with Crippen LogP contribution in [0, 0.1) is 6.92 Å². The second kappa shape index (κ2) is 5.90. The van der Waals surface area contributed by atoms with Crippen LogP contribution in [0.5, 0.6) is 5.75 Å². The molecule has 0 aliphatic heterocycles. The molecule has 0 aliphatic rings. The Morgan fingerprint density at radius 1 is 1.31 bits per heavy atom. The molecule has 0 heterocycles. The minimum absolute atomic E-state index is 0.320. The third-order valence-electron chi connectivity index (χ3n) is 3.28. The summed E-state index contributed by atoms with van der Waals surface area (Å²) in [6.45, 7) is 6.28. The lowest BCUT2D eigenvalue weighted by molar-refractivity contribution is 0.470. The molecule has 0 amide bonds. The largest absolute Gasteiger partial charge is 0.508 e. The topological polar surface area (TPSA) is 46.2 Å². The van der Waals surface area contributed by atoms with Gasteiger partial charge in [-0.05, 0) is 49.3 Å². The predicted molar refractivity (Wildman–Crippen MR) is 68.8 cm³/mol. The standard InChI is InChI=1S/C14H23NO/c1-4-13(15)7-5-10(2)12-6-8-14(16)11(3)9-12/h6,8-10,13,16H,4-5,7,15H2,1-3H3. The third kappa shape index (κ3) is 3.53. The van der Waals surface area contributed by atoms with E-state index in [2.05, 4.69) is 19.9 Å². The van der Waals surface area contributed by atoms with Crippen molar-refractivity contribution in [3.05, 3.63) is 29.3 Å². The van der Waals surface area contributed by atoms with Crippen molar-refractivity contribution in [2.75, 3.05) is 0 Å². The molecular formula is C14H23NO. The number of rotatable bonds is 5. The summed E-state index contributed by atoms with van der Waals surface area (Å²) in [6.07, 6.45) is 3.22. The van der Waals surface area contributed by atoms with Crippen LogP contribution < -0.4 is 5.73 Å². The van der Waals surface area contributed by atoms with E-state index in [4.69, 9.17) is 5.73 Å². The lowest BCUT2D eigenvalue weighted by Crippen LogP contribution is -2.18. The highest BCUT2D eigenvalue weighted by atomic mass is 16.3. The summed E-state index contributed by atoms with van der Waals surface area (Å²) in [5, 5.41) is 9.46. The second-order valence-electron chi connectivity index (χ2n) is 4.69. The third-order valence-corrected chi connectivity index (χ3v) is 3.28. The van der Waals surface area contributed by atoms with Crippen molar-refractivity contribution < 1.29 is 5.11 Å². The number of aromatic hydroxyl groups is 1. The zero-order chi connectivity index (χ0) is 12.1. The summed E-state index contributed by atoms with van der Waals surface area (Å²) >= 11 is 0. The van der Waals surface area contributed by atoms with E-state index in [0.29, 0.717) is 17.7 Å². The summed E-state index contributed by atoms with van der Waals surface area (Å²) < 4.78 is 0. The van der Waals surface area contributed by atoms with E-state index in [0.717, 1.165) is 24.8 Å². The molecule has 0 radical (unpaired) electrons. The number of nitrogens with two attached hydrogens (primary N) is 1. The van der Waals surface area contributed by atoms with Crippen LogP contribution in [0.25, 0.3) is 0 Å². The number of hydrogen-bond donors (Lipinski definition) is 2. The quantitative estimate of drug-likeness (QED) is 0.801. The van der Waals surface area contributed by atoms with E-state index in [1.165, 1.54) is 5.56 Å². The Labute approximate surface area is 98.5 Å². The molecule has 16 heavy (non-hydrogen) atoms. The van der Waals surface area contributed by atoms with E-state index in [1.54, 1.807) is 6.07 Å². The Kier molecular flexibility index (Phi) is 4.81. The van der Waals surface area contributed by atoms with Crippen LogP contribution in [0.3, 0.4) is 0 Å². The maximum atomic E-state index is 9.46. The van der Waals surface area contributed by atoms with Crippen molar-refractivity contribution in [3.8, 4) is 5.75 Å². The Bertz CT molecular complexity index is 336. The molecule has 0 bridgehead atoms. The van der Waals surface area contributed by atoms with Gasteiger partial charge in [0.1, 0.15) is 5.75 Å². The molecule has 0 spiro atoms. The highest BCUT2D eigenvalue weighted by Gasteiger charge is 2.09. The van der Waals surface area contributed by atoms with E-state index in [9.17, 15) is 5.11 Å². The predicted octanol–water partition coefficient (Wildman–Crippen LogP) is 3.32. The zero-order valence-corrected chi connectivity index (χ0v) is 10.5. The first-order valence-electron chi connectivity index (χ1n) is 6.09. The molecule has 0 aliphatic carbocycles. The second-order valence-corrected chi connectivity index (χ2v) is 4.69. The van der Waals surface area contributed by atoms with Crippen LogP contribution >= 0.6 is 0 Å². The van der Waals surface area contributed by atoms with Crippen LogP contribution in [-0.2, 0) is 0 Å². The minimum Gasteiger partial charge on any atom is -0.508 e. The van der Waals surface area contributed by atoms with Crippen LogP contribution in [0.1, 0.15) is 50.2 Å². The zero-order valence-electron chi connectivity index (χ0n) is 10.5. The Morgan fingerprint density at radius 2 is 2.00 bits per heavy atom. The molecule has 0 saturated heterocycles. The molecule has 0 saturated carbocycles. The van der Waals surface area contributed by atoms with E-state index in [1.807, 2.05) is 13.0 Å². The summed E-state index contributed by atoms with van der Waals surface area (Å²) in [7, 11) is 0. The van der Waals surface area contributed by atoms with Gasteiger partial charge in [-0.25, -0.2) is 0 Å². The first kappa shape index (κ1) is 13.0. The number of phenols is 1. The van der Waals surface area contributed by atoms with Gasteiger partial charge in [-0.2, -0.15) is 0 Å². The molecule has 2 heteroatoms. The molecule has 0 aromatic heterocycles. The molecule has 1 aromatic carbocycles. The Morgan fingerprint density at radius 3 is 2.56 bits per heavy atom. The van der Waals surface area contributed by atoms with Crippen molar-refractivity contribution in [1.82, 2.24) is 0 Å². The van der Waals surface area contributed by atoms with Gasteiger partial charge in [0.15, 0.2) is 0 Å². The van der Waals surface area contributed by atoms with Gasteiger partial charge in [-0.3, -0.25) is 0 Å². The molecule has 1 aromatic rings. The van der Waals surface area contributed by atoms with Crippen molar-refractivity contribution in [3.63, 3.8) is 0 Å². The van der Waals surface area contributed by atoms with Gasteiger partial charge >= 0.3 is 0 Å². The van der Waals surface area contributed by atoms with Crippen molar-refractivity contribution in [2.45, 2.75) is 52.0 Å². The summed E-state index contributed by atoms with van der Waals surface area (Å²) in [5.41, 5.74) is 8.15. The molecule has 1 rings (SSSR count). The fraction of sp³-hybridized carbons (Fsp3) is 0.571. The monoisotopic (exact) mass is 221 g/mol. The van der Waals surface area contributed by atoms with E-state index < -0.39 is 0 Å². The number of benzene rings is 1. The maximum absolute atomic E-state index is 9.46. The summed E-state index contributed by atoms with van der Waals surface area (Å²) in [6, 6.07) is 6.17. The molecule has 3 N–H and O–H groups in total. The van der Waals surface area contributed by atoms with Crippen molar-refractivity contribution >= 4 is 0 Å². The lowest BCUT2D eigenvalue weighted by atomic mass is 9.92. The average molecular weight is 221 g/mol. The van der Waals surface area contributed by atoms with E-state index in [-0.39, 0.29) is 0 Å². The van der Waals surface area contributed by atoms with Gasteiger partial charge in [-0.15, -0.1) is 0 Å². The van der Waals surface area contributed by atoms with Gasteiger partial charge in [-0.1, -0.05) is 26.0 Å². The highest BCUT2D eigenvalue weighted by molar-refractivity contribution is 5.36. The molecule has 0 fully saturated rings. The van der Waals surface area contributed by atoms with Gasteiger partial charge in [0.25, 0.3) is 0 Å². The highest BCUT2D eigenvalue weighted by Crippen LogP contribution is 2.26. The van der Waals surface area contributed by atoms with Crippen molar-refractivity contribution in [1.29, 1.82) is 0 Å². The number of hydrogen-bond acceptors (Lipinski definition) is 2. The summed E-state index contributed by atoms with van der Waals surface area (Å²) in [4.78, 5) is 0. The Hall–Kier alpha value is -1.02. The van der Waals surface area contributed by atoms with E-state index >= 15 is 0 Å². The van der Waals surface area contributed by atoms with Crippen LogP contribution in [-0.4, -0.2) is 11.1 Å². The van der Waals surface area contributed by atoms with Crippen LogP contribution in [0.4, 0.5) is 0 Å². The maximum Gasteiger partial charge on any atom is 0.118 e. The smallest absolute Gasteiger partial charge is 0.118 e. The SMILES string of the molecule is CCC(N)CCC(C)c1ccc(O)c(C)c1. The molecular weight excluding hydrogens is 198 g/mol. The normalized spacial score (nSPS) is 14.8. The van der Waals surface area contributed by atoms with Gasteiger partial charge in [0, 0.05) is 6.04 Å². The Balaban J connectivity index is 2.59. The lowest BCUT2D eigenvalue weighted by Gasteiger charge is -2.15. The van der Waals surface area contributed by atoms with Gasteiger partial charge < -0.3 is 10.8 Å². The fourth-order valence-electron chi connectivity index (χ4n) is 1.82.